The molecule has 1 aromatic carbocycles. The highest BCUT2D eigenvalue weighted by Gasteiger charge is 2.31. The van der Waals surface area contributed by atoms with Gasteiger partial charge in [-0.3, -0.25) is 14.4 Å². The number of terminal acetylenes is 1. The van der Waals surface area contributed by atoms with Crippen molar-refractivity contribution >= 4 is 29.7 Å². The van der Waals surface area contributed by atoms with E-state index in [2.05, 4.69) is 16.3 Å². The van der Waals surface area contributed by atoms with Gasteiger partial charge >= 0.3 is 5.97 Å². The summed E-state index contributed by atoms with van der Waals surface area (Å²) in [5, 5.41) is 6.10. The molecule has 2 unspecified atom stereocenters. The van der Waals surface area contributed by atoms with Gasteiger partial charge in [-0.25, -0.2) is 0 Å². The standard InChI is InChI=1S/C21H26N4O4/c1-3-17(13-20(27)29-4-2)24-19(26)12-16-6-5-11-25(21(16)28)18-9-7-15(8-10-18)14-23-22/h1,7-10,14,16-17H,4-6,11-13,22H2,2H3,(H,24,26). The highest BCUT2D eigenvalue weighted by Crippen LogP contribution is 2.26. The van der Waals surface area contributed by atoms with Crippen LogP contribution in [-0.4, -0.2) is 43.2 Å². The van der Waals surface area contributed by atoms with E-state index in [-0.39, 0.29) is 31.3 Å². The Hall–Kier alpha value is -3.34. The maximum atomic E-state index is 12.9. The average molecular weight is 398 g/mol. The molecule has 0 radical (unpaired) electrons. The molecule has 0 spiro atoms. The van der Waals surface area contributed by atoms with E-state index in [1.807, 2.05) is 24.3 Å². The first kappa shape index (κ1) is 22.0. The number of esters is 1. The molecule has 1 heterocycles. The number of anilines is 1. The molecular formula is C21H26N4O4. The zero-order chi connectivity index (χ0) is 21.2. The molecule has 1 aliphatic rings. The lowest BCUT2D eigenvalue weighted by molar-refractivity contribution is -0.143. The van der Waals surface area contributed by atoms with Crippen LogP contribution in [0.1, 0.15) is 38.2 Å². The van der Waals surface area contributed by atoms with E-state index >= 15 is 0 Å². The minimum Gasteiger partial charge on any atom is -0.466 e. The number of amides is 2. The van der Waals surface area contributed by atoms with Crippen LogP contribution in [0.4, 0.5) is 5.69 Å². The highest BCUT2D eigenvalue weighted by atomic mass is 16.5. The van der Waals surface area contributed by atoms with Crippen molar-refractivity contribution in [2.75, 3.05) is 18.1 Å². The maximum Gasteiger partial charge on any atom is 0.308 e. The topological polar surface area (TPSA) is 114 Å². The summed E-state index contributed by atoms with van der Waals surface area (Å²) in [7, 11) is 0. The number of benzene rings is 1. The molecule has 0 bridgehead atoms. The van der Waals surface area contributed by atoms with Crippen LogP contribution in [0.15, 0.2) is 29.4 Å². The first-order chi connectivity index (χ1) is 14.0. The Morgan fingerprint density at radius 3 is 2.79 bits per heavy atom. The van der Waals surface area contributed by atoms with Gasteiger partial charge in [-0.15, -0.1) is 6.42 Å². The normalized spacial score (nSPS) is 17.6. The number of carbonyl (C=O) groups is 3. The molecule has 0 saturated carbocycles. The van der Waals surface area contributed by atoms with Crippen LogP contribution >= 0.6 is 0 Å². The number of ether oxygens (including phenoxy) is 1. The Labute approximate surface area is 170 Å². The lowest BCUT2D eigenvalue weighted by atomic mass is 9.92. The summed E-state index contributed by atoms with van der Waals surface area (Å²) in [4.78, 5) is 38.5. The van der Waals surface area contributed by atoms with Crippen molar-refractivity contribution in [3.8, 4) is 12.3 Å². The molecule has 0 aliphatic carbocycles. The minimum atomic E-state index is -0.756. The predicted molar refractivity (Wildman–Crippen MR) is 110 cm³/mol. The third-order valence-corrected chi connectivity index (χ3v) is 4.62. The lowest BCUT2D eigenvalue weighted by Crippen LogP contribution is -2.44. The Morgan fingerprint density at radius 2 is 2.17 bits per heavy atom. The van der Waals surface area contributed by atoms with Gasteiger partial charge in [-0.1, -0.05) is 18.1 Å². The summed E-state index contributed by atoms with van der Waals surface area (Å²) in [5.74, 6) is 6.15. The lowest BCUT2D eigenvalue weighted by Gasteiger charge is -2.32. The van der Waals surface area contributed by atoms with Crippen molar-refractivity contribution in [1.29, 1.82) is 0 Å². The number of nitrogens with two attached hydrogens (primary N) is 1. The molecule has 1 aromatic rings. The number of hydrogen-bond donors (Lipinski definition) is 2. The second kappa shape index (κ2) is 10.9. The number of nitrogens with one attached hydrogen (secondary N) is 1. The summed E-state index contributed by atoms with van der Waals surface area (Å²) < 4.78 is 4.85. The van der Waals surface area contributed by atoms with Gasteiger partial charge in [0.25, 0.3) is 0 Å². The first-order valence-corrected chi connectivity index (χ1v) is 9.54. The first-order valence-electron chi connectivity index (χ1n) is 9.54. The fourth-order valence-corrected chi connectivity index (χ4v) is 3.24. The average Bonchev–Trinajstić information content (AvgIpc) is 2.70. The molecular weight excluding hydrogens is 372 g/mol. The molecule has 2 rings (SSSR count). The summed E-state index contributed by atoms with van der Waals surface area (Å²) >= 11 is 0. The van der Waals surface area contributed by atoms with E-state index in [9.17, 15) is 14.4 Å². The number of nitrogens with zero attached hydrogens (tertiary/aromatic N) is 2. The largest absolute Gasteiger partial charge is 0.466 e. The molecule has 0 aromatic heterocycles. The van der Waals surface area contributed by atoms with Crippen molar-refractivity contribution in [2.45, 2.75) is 38.6 Å². The van der Waals surface area contributed by atoms with Gasteiger partial charge in [0.2, 0.25) is 11.8 Å². The summed E-state index contributed by atoms with van der Waals surface area (Å²) in [6.07, 6.45) is 8.25. The quantitative estimate of drug-likeness (QED) is 0.224. The van der Waals surface area contributed by atoms with Gasteiger partial charge in [0.05, 0.1) is 19.2 Å². The monoisotopic (exact) mass is 398 g/mol. The van der Waals surface area contributed by atoms with Crippen molar-refractivity contribution < 1.29 is 19.1 Å². The summed E-state index contributed by atoms with van der Waals surface area (Å²) in [5.41, 5.74) is 1.59. The Bertz CT molecular complexity index is 798. The number of hydrogen-bond acceptors (Lipinski definition) is 6. The second-order valence-electron chi connectivity index (χ2n) is 6.70. The minimum absolute atomic E-state index is 0.0221. The molecule has 8 heteroatoms. The van der Waals surface area contributed by atoms with Gasteiger partial charge in [0.1, 0.15) is 6.04 Å². The van der Waals surface area contributed by atoms with Crippen molar-refractivity contribution in [1.82, 2.24) is 5.32 Å². The third kappa shape index (κ3) is 6.35. The zero-order valence-corrected chi connectivity index (χ0v) is 16.5. The van der Waals surface area contributed by atoms with Gasteiger partial charge in [-0.2, -0.15) is 5.10 Å². The number of rotatable bonds is 8. The van der Waals surface area contributed by atoms with E-state index in [0.29, 0.717) is 13.0 Å². The highest BCUT2D eigenvalue weighted by molar-refractivity contribution is 5.98. The third-order valence-electron chi connectivity index (χ3n) is 4.62. The maximum absolute atomic E-state index is 12.9. The van der Waals surface area contributed by atoms with Crippen LogP contribution in [0.5, 0.6) is 0 Å². The Balaban J connectivity index is 1.96. The van der Waals surface area contributed by atoms with Crippen LogP contribution < -0.4 is 16.1 Å². The molecule has 1 aliphatic heterocycles. The van der Waals surface area contributed by atoms with Crippen LogP contribution in [0, 0.1) is 18.3 Å². The van der Waals surface area contributed by atoms with Crippen molar-refractivity contribution in [2.24, 2.45) is 16.9 Å². The van der Waals surface area contributed by atoms with E-state index in [1.165, 1.54) is 6.21 Å². The van der Waals surface area contributed by atoms with Gasteiger partial charge < -0.3 is 20.8 Å². The van der Waals surface area contributed by atoms with Crippen molar-refractivity contribution in [3.05, 3.63) is 29.8 Å². The van der Waals surface area contributed by atoms with Crippen LogP contribution in [0.25, 0.3) is 0 Å². The predicted octanol–water partition coefficient (Wildman–Crippen LogP) is 1.18. The number of hydrazone groups is 1. The van der Waals surface area contributed by atoms with Gasteiger partial charge in [-0.05, 0) is 37.5 Å². The molecule has 2 amide bonds. The van der Waals surface area contributed by atoms with Crippen molar-refractivity contribution in [3.63, 3.8) is 0 Å². The summed E-state index contributed by atoms with van der Waals surface area (Å²) in [6, 6.07) is 6.54. The van der Waals surface area contributed by atoms with E-state index < -0.39 is 17.9 Å². The van der Waals surface area contributed by atoms with Crippen LogP contribution in [-0.2, 0) is 19.1 Å². The van der Waals surface area contributed by atoms with Gasteiger partial charge in [0, 0.05) is 24.6 Å². The SMILES string of the molecule is C#CC(CC(=O)OCC)NC(=O)CC1CCCN(c2ccc(C=NN)cc2)C1=O. The fourth-order valence-electron chi connectivity index (χ4n) is 3.24. The molecule has 1 saturated heterocycles. The molecule has 1 fully saturated rings. The Kier molecular flexibility index (Phi) is 8.22. The van der Waals surface area contributed by atoms with Gasteiger partial charge in [0.15, 0.2) is 0 Å². The van der Waals surface area contributed by atoms with E-state index in [4.69, 9.17) is 17.0 Å². The van der Waals surface area contributed by atoms with E-state index in [0.717, 1.165) is 17.7 Å². The Morgan fingerprint density at radius 1 is 1.45 bits per heavy atom. The smallest absolute Gasteiger partial charge is 0.308 e. The number of piperidine rings is 1. The zero-order valence-electron chi connectivity index (χ0n) is 16.5. The molecule has 8 nitrogen and oxygen atoms in total. The molecule has 154 valence electrons. The molecule has 29 heavy (non-hydrogen) atoms. The fraction of sp³-hybridized carbons (Fsp3) is 0.429. The summed E-state index contributed by atoms with van der Waals surface area (Å²) in [6.45, 7) is 2.54. The second-order valence-corrected chi connectivity index (χ2v) is 6.70. The van der Waals surface area contributed by atoms with Crippen LogP contribution in [0.2, 0.25) is 0 Å². The molecule has 2 atom stereocenters. The van der Waals surface area contributed by atoms with E-state index in [1.54, 1.807) is 11.8 Å². The van der Waals surface area contributed by atoms with Crippen LogP contribution in [0.3, 0.4) is 0 Å². The molecule has 3 N–H and O–H groups in total. The number of carbonyl (C=O) groups excluding carboxylic acids is 3.